The van der Waals surface area contributed by atoms with Crippen LogP contribution in [-0.4, -0.2) is 22.2 Å². The fraction of sp³-hybridized carbons (Fsp3) is 0.500. The molecule has 0 heterocycles. The van der Waals surface area contributed by atoms with Gasteiger partial charge in [-0.3, -0.25) is 10.1 Å². The van der Waals surface area contributed by atoms with Crippen molar-refractivity contribution in [1.29, 1.82) is 0 Å². The molecule has 0 unspecified atom stereocenters. The minimum Gasteiger partial charge on any atom is -0.480 e. The van der Waals surface area contributed by atoms with Crippen LogP contribution in [0.1, 0.15) is 25.7 Å². The summed E-state index contributed by atoms with van der Waals surface area (Å²) in [6.07, 6.45) is 2.24. The monoisotopic (exact) mass is 349 g/mol. The third kappa shape index (κ3) is 3.38. The number of ether oxygens (including phenoxy) is 1. The average molecular weight is 351 g/mol. The van der Waals surface area contributed by atoms with Crippen molar-refractivity contribution in [2.45, 2.75) is 37.9 Å². The minimum atomic E-state index is -0.587. The number of hydrogen-bond donors (Lipinski definition) is 1. The molecule has 19 heavy (non-hydrogen) atoms. The number of halogens is 2. The van der Waals surface area contributed by atoms with Gasteiger partial charge in [0.1, 0.15) is 6.10 Å². The Morgan fingerprint density at radius 1 is 1.42 bits per heavy atom. The van der Waals surface area contributed by atoms with Gasteiger partial charge in [0.2, 0.25) is 5.75 Å². The summed E-state index contributed by atoms with van der Waals surface area (Å²) in [6.45, 7) is 0. The zero-order valence-corrected chi connectivity index (χ0v) is 12.4. The Morgan fingerprint density at radius 2 is 2.11 bits per heavy atom. The highest BCUT2D eigenvalue weighted by Crippen LogP contribution is 2.39. The summed E-state index contributed by atoms with van der Waals surface area (Å²) in [7, 11) is 0. The van der Waals surface area contributed by atoms with Gasteiger partial charge in [0.25, 0.3) is 0 Å². The standard InChI is InChI=1S/C12H13BrClNO4/c13-8-5-7(14)6-9(15(17)18)12(8)19-11-4-2-1-3-10(11)16/h5-6,10-11,16H,1-4H2/t10-,11-/m1/s1. The summed E-state index contributed by atoms with van der Waals surface area (Å²) < 4.78 is 6.07. The SMILES string of the molecule is O=[N+]([O-])c1cc(Cl)cc(Br)c1O[C@@H]1CCCC[C@H]1O. The molecule has 1 aliphatic rings. The van der Waals surface area contributed by atoms with Gasteiger partial charge in [-0.25, -0.2) is 0 Å². The van der Waals surface area contributed by atoms with Gasteiger partial charge in [-0.15, -0.1) is 0 Å². The van der Waals surface area contributed by atoms with Gasteiger partial charge in [-0.2, -0.15) is 0 Å². The molecule has 0 aromatic heterocycles. The van der Waals surface area contributed by atoms with Gasteiger partial charge in [-0.1, -0.05) is 18.0 Å². The number of nitrogens with zero attached hydrogens (tertiary/aromatic N) is 1. The van der Waals surface area contributed by atoms with Crippen LogP contribution in [0.5, 0.6) is 5.75 Å². The topological polar surface area (TPSA) is 72.6 Å². The van der Waals surface area contributed by atoms with Crippen molar-refractivity contribution in [2.24, 2.45) is 0 Å². The van der Waals surface area contributed by atoms with Gasteiger partial charge in [0.05, 0.1) is 15.5 Å². The zero-order valence-electron chi connectivity index (χ0n) is 10.0. The summed E-state index contributed by atoms with van der Waals surface area (Å²) in [5.74, 6) is 0.125. The highest BCUT2D eigenvalue weighted by atomic mass is 79.9. The summed E-state index contributed by atoms with van der Waals surface area (Å²) in [5, 5.41) is 21.2. The largest absolute Gasteiger partial charge is 0.480 e. The van der Waals surface area contributed by atoms with Crippen molar-refractivity contribution in [1.82, 2.24) is 0 Å². The van der Waals surface area contributed by atoms with Crippen LogP contribution in [-0.2, 0) is 0 Å². The van der Waals surface area contributed by atoms with Crippen LogP contribution in [0.25, 0.3) is 0 Å². The summed E-state index contributed by atoms with van der Waals surface area (Å²) >= 11 is 9.02. The van der Waals surface area contributed by atoms with E-state index in [0.717, 1.165) is 12.8 Å². The third-order valence-corrected chi connectivity index (χ3v) is 3.93. The maximum Gasteiger partial charge on any atom is 0.313 e. The van der Waals surface area contributed by atoms with E-state index in [1.807, 2.05) is 0 Å². The van der Waals surface area contributed by atoms with Crippen LogP contribution in [0.4, 0.5) is 5.69 Å². The molecular weight excluding hydrogens is 337 g/mol. The van der Waals surface area contributed by atoms with Crippen molar-refractivity contribution in [3.8, 4) is 5.75 Å². The van der Waals surface area contributed by atoms with Gasteiger partial charge in [-0.05, 0) is 41.3 Å². The summed E-state index contributed by atoms with van der Waals surface area (Å²) in [6, 6.07) is 2.79. The molecule has 1 aromatic rings. The highest BCUT2D eigenvalue weighted by molar-refractivity contribution is 9.10. The van der Waals surface area contributed by atoms with E-state index in [9.17, 15) is 15.2 Å². The molecule has 104 valence electrons. The van der Waals surface area contributed by atoms with Crippen molar-refractivity contribution >= 4 is 33.2 Å². The molecule has 0 aliphatic heterocycles. The Kier molecular flexibility index (Phi) is 4.65. The van der Waals surface area contributed by atoms with E-state index in [4.69, 9.17) is 16.3 Å². The smallest absolute Gasteiger partial charge is 0.313 e. The third-order valence-electron chi connectivity index (χ3n) is 3.12. The molecule has 7 heteroatoms. The number of nitro groups is 1. The highest BCUT2D eigenvalue weighted by Gasteiger charge is 2.29. The van der Waals surface area contributed by atoms with E-state index >= 15 is 0 Å². The fourth-order valence-electron chi connectivity index (χ4n) is 2.17. The van der Waals surface area contributed by atoms with E-state index in [1.165, 1.54) is 6.07 Å². The van der Waals surface area contributed by atoms with Crippen LogP contribution in [0, 0.1) is 10.1 Å². The quantitative estimate of drug-likeness (QED) is 0.666. The molecule has 0 spiro atoms. The second kappa shape index (κ2) is 6.07. The number of benzene rings is 1. The molecule has 5 nitrogen and oxygen atoms in total. The molecule has 1 saturated carbocycles. The molecule has 1 N–H and O–H groups in total. The van der Waals surface area contributed by atoms with Crippen molar-refractivity contribution in [2.75, 3.05) is 0 Å². The van der Waals surface area contributed by atoms with E-state index in [-0.39, 0.29) is 16.5 Å². The second-order valence-corrected chi connectivity index (χ2v) is 5.79. The number of hydrogen-bond acceptors (Lipinski definition) is 4. The predicted molar refractivity (Wildman–Crippen MR) is 74.7 cm³/mol. The van der Waals surface area contributed by atoms with Crippen molar-refractivity contribution in [3.05, 3.63) is 31.7 Å². The molecule has 1 fully saturated rings. The molecule has 0 bridgehead atoms. The second-order valence-electron chi connectivity index (χ2n) is 4.50. The Balaban J connectivity index is 2.30. The zero-order chi connectivity index (χ0) is 14.0. The van der Waals surface area contributed by atoms with E-state index in [0.29, 0.717) is 17.3 Å². The number of nitro benzene ring substituents is 1. The Bertz CT molecular complexity index is 497. The molecule has 1 aromatic carbocycles. The lowest BCUT2D eigenvalue weighted by Gasteiger charge is -2.28. The maximum absolute atomic E-state index is 11.0. The first-order valence-electron chi connectivity index (χ1n) is 5.97. The molecule has 0 amide bonds. The fourth-order valence-corrected chi connectivity index (χ4v) is 3.05. The van der Waals surface area contributed by atoms with Gasteiger partial charge in [0.15, 0.2) is 0 Å². The summed E-state index contributed by atoms with van der Waals surface area (Å²) in [4.78, 5) is 10.5. The molecule has 1 aliphatic carbocycles. The average Bonchev–Trinajstić information content (AvgIpc) is 2.34. The lowest BCUT2D eigenvalue weighted by molar-refractivity contribution is -0.386. The minimum absolute atomic E-state index is 0.125. The van der Waals surface area contributed by atoms with Crippen LogP contribution in [0.2, 0.25) is 5.02 Å². The number of rotatable bonds is 3. The van der Waals surface area contributed by atoms with Gasteiger partial charge >= 0.3 is 5.69 Å². The predicted octanol–water partition coefficient (Wildman–Crippen LogP) is 3.69. The first-order chi connectivity index (χ1) is 8.99. The van der Waals surface area contributed by atoms with Crippen LogP contribution < -0.4 is 4.74 Å². The van der Waals surface area contributed by atoms with E-state index in [2.05, 4.69) is 15.9 Å². The van der Waals surface area contributed by atoms with Crippen LogP contribution in [0.15, 0.2) is 16.6 Å². The molecule has 2 rings (SSSR count). The number of aliphatic hydroxyl groups is 1. The van der Waals surface area contributed by atoms with Crippen molar-refractivity contribution in [3.63, 3.8) is 0 Å². The Hall–Kier alpha value is -0.850. The molecule has 2 atom stereocenters. The van der Waals surface area contributed by atoms with Gasteiger partial charge < -0.3 is 9.84 Å². The molecule has 0 saturated heterocycles. The van der Waals surface area contributed by atoms with E-state index in [1.54, 1.807) is 6.07 Å². The molecule has 0 radical (unpaired) electrons. The summed E-state index contributed by atoms with van der Waals surface area (Å²) in [5.41, 5.74) is -0.197. The lowest BCUT2D eigenvalue weighted by Crippen LogP contribution is -2.34. The maximum atomic E-state index is 11.0. The first-order valence-corrected chi connectivity index (χ1v) is 7.14. The number of aliphatic hydroxyl groups excluding tert-OH is 1. The van der Waals surface area contributed by atoms with Crippen LogP contribution >= 0.6 is 27.5 Å². The normalized spacial score (nSPS) is 23.1. The Labute approximate surface area is 123 Å². The lowest BCUT2D eigenvalue weighted by atomic mass is 9.95. The van der Waals surface area contributed by atoms with E-state index < -0.39 is 17.1 Å². The van der Waals surface area contributed by atoms with Gasteiger partial charge in [0, 0.05) is 11.1 Å². The van der Waals surface area contributed by atoms with Crippen molar-refractivity contribution < 1.29 is 14.8 Å². The molecular formula is C12H13BrClNO4. The first kappa shape index (κ1) is 14.6. The van der Waals surface area contributed by atoms with Crippen LogP contribution in [0.3, 0.4) is 0 Å². The Morgan fingerprint density at radius 3 is 2.74 bits per heavy atom.